The molecule has 1 aliphatic rings. The molecule has 0 amide bonds. The molecular weight excluding hydrogens is 278 g/mol. The summed E-state index contributed by atoms with van der Waals surface area (Å²) in [6, 6.07) is 11.2. The van der Waals surface area contributed by atoms with Crippen LogP contribution >= 0.6 is 11.6 Å². The summed E-state index contributed by atoms with van der Waals surface area (Å²) in [5.41, 5.74) is 7.32. The van der Waals surface area contributed by atoms with Gasteiger partial charge in [-0.05, 0) is 12.1 Å². The molecule has 0 saturated heterocycles. The zero-order valence-corrected chi connectivity index (χ0v) is 11.7. The third kappa shape index (κ3) is 2.17. The molecule has 1 aliphatic heterocycles. The van der Waals surface area contributed by atoms with Gasteiger partial charge in [0.1, 0.15) is 5.75 Å². The minimum Gasteiger partial charge on any atom is -0.496 e. The second kappa shape index (κ2) is 5.23. The first kappa shape index (κ1) is 13.1. The molecular formula is C15H14ClNO3. The Morgan fingerprint density at radius 3 is 2.75 bits per heavy atom. The number of nitrogens with two attached hydrogens (primary N) is 1. The molecule has 0 saturated carbocycles. The number of para-hydroxylation sites is 1. The van der Waals surface area contributed by atoms with E-state index in [1.807, 2.05) is 30.3 Å². The Labute approximate surface area is 122 Å². The lowest BCUT2D eigenvalue weighted by molar-refractivity contribution is 0.0583. The van der Waals surface area contributed by atoms with E-state index in [0.717, 1.165) is 16.9 Å². The van der Waals surface area contributed by atoms with E-state index in [0.29, 0.717) is 16.5 Å². The molecule has 0 aromatic heterocycles. The molecule has 0 spiro atoms. The standard InChI is InChI=1S/C15H14ClNO3/c1-18-12-5-3-2-4-10(12)11-6-9(16)7-13-15(11)20-14(8-17)19-13/h2-7,14H,8,17H2,1H3. The highest BCUT2D eigenvalue weighted by molar-refractivity contribution is 6.31. The quantitative estimate of drug-likeness (QED) is 0.944. The predicted octanol–water partition coefficient (Wildman–Crippen LogP) is 3.07. The summed E-state index contributed by atoms with van der Waals surface area (Å²) in [5.74, 6) is 2.00. The van der Waals surface area contributed by atoms with Gasteiger partial charge < -0.3 is 19.9 Å². The van der Waals surface area contributed by atoms with E-state index in [4.69, 9.17) is 31.5 Å². The summed E-state index contributed by atoms with van der Waals surface area (Å²) in [4.78, 5) is 0. The monoisotopic (exact) mass is 291 g/mol. The molecule has 0 bridgehead atoms. The molecule has 1 heterocycles. The first-order chi connectivity index (χ1) is 9.72. The fourth-order valence-electron chi connectivity index (χ4n) is 2.24. The van der Waals surface area contributed by atoms with Gasteiger partial charge in [-0.15, -0.1) is 0 Å². The van der Waals surface area contributed by atoms with E-state index >= 15 is 0 Å². The summed E-state index contributed by atoms with van der Waals surface area (Å²) in [7, 11) is 1.63. The number of rotatable bonds is 3. The molecule has 2 aromatic rings. The molecule has 5 heteroatoms. The topological polar surface area (TPSA) is 53.7 Å². The van der Waals surface area contributed by atoms with Gasteiger partial charge in [-0.2, -0.15) is 0 Å². The average molecular weight is 292 g/mol. The van der Waals surface area contributed by atoms with E-state index in [1.54, 1.807) is 13.2 Å². The van der Waals surface area contributed by atoms with Gasteiger partial charge in [-0.25, -0.2) is 0 Å². The summed E-state index contributed by atoms with van der Waals surface area (Å²) in [6.07, 6.45) is -0.475. The van der Waals surface area contributed by atoms with Crippen LogP contribution in [0.1, 0.15) is 0 Å². The lowest BCUT2D eigenvalue weighted by Crippen LogP contribution is -2.27. The van der Waals surface area contributed by atoms with Crippen LogP contribution in [0.15, 0.2) is 36.4 Å². The van der Waals surface area contributed by atoms with Crippen LogP contribution in [-0.4, -0.2) is 19.9 Å². The summed E-state index contributed by atoms with van der Waals surface area (Å²) in [5, 5.41) is 0.575. The molecule has 104 valence electrons. The van der Waals surface area contributed by atoms with Crippen LogP contribution in [0, 0.1) is 0 Å². The Kier molecular flexibility index (Phi) is 3.42. The van der Waals surface area contributed by atoms with Gasteiger partial charge >= 0.3 is 0 Å². The molecule has 2 aromatic carbocycles. The fraction of sp³-hybridized carbons (Fsp3) is 0.200. The maximum Gasteiger partial charge on any atom is 0.253 e. The summed E-state index contributed by atoms with van der Waals surface area (Å²) >= 11 is 6.16. The molecule has 20 heavy (non-hydrogen) atoms. The van der Waals surface area contributed by atoms with Crippen LogP contribution in [0.3, 0.4) is 0 Å². The molecule has 0 aliphatic carbocycles. The van der Waals surface area contributed by atoms with Gasteiger partial charge in [0.15, 0.2) is 11.5 Å². The van der Waals surface area contributed by atoms with Crippen molar-refractivity contribution in [1.29, 1.82) is 0 Å². The van der Waals surface area contributed by atoms with Crippen molar-refractivity contribution in [2.24, 2.45) is 5.73 Å². The van der Waals surface area contributed by atoms with Crippen LogP contribution in [0.25, 0.3) is 11.1 Å². The van der Waals surface area contributed by atoms with Gasteiger partial charge in [-0.3, -0.25) is 0 Å². The third-order valence-corrected chi connectivity index (χ3v) is 3.34. The normalized spacial score (nSPS) is 16.2. The molecule has 2 N–H and O–H groups in total. The smallest absolute Gasteiger partial charge is 0.253 e. The van der Waals surface area contributed by atoms with Crippen molar-refractivity contribution in [3.63, 3.8) is 0 Å². The maximum absolute atomic E-state index is 6.16. The number of benzene rings is 2. The van der Waals surface area contributed by atoms with E-state index in [9.17, 15) is 0 Å². The van der Waals surface area contributed by atoms with Crippen LogP contribution < -0.4 is 19.9 Å². The molecule has 1 unspecified atom stereocenters. The Bertz CT molecular complexity index is 645. The van der Waals surface area contributed by atoms with Crippen LogP contribution in [0.4, 0.5) is 0 Å². The van der Waals surface area contributed by atoms with Gasteiger partial charge in [0.05, 0.1) is 13.7 Å². The van der Waals surface area contributed by atoms with Crippen molar-refractivity contribution in [3.8, 4) is 28.4 Å². The fourth-order valence-corrected chi connectivity index (χ4v) is 2.45. The first-order valence-corrected chi connectivity index (χ1v) is 6.61. The van der Waals surface area contributed by atoms with Gasteiger partial charge in [-0.1, -0.05) is 29.8 Å². The number of hydrogen-bond acceptors (Lipinski definition) is 4. The van der Waals surface area contributed by atoms with Crippen molar-refractivity contribution >= 4 is 11.6 Å². The Morgan fingerprint density at radius 1 is 1.20 bits per heavy atom. The highest BCUT2D eigenvalue weighted by Crippen LogP contribution is 2.47. The van der Waals surface area contributed by atoms with E-state index in [1.165, 1.54) is 0 Å². The minimum absolute atomic E-state index is 0.275. The lowest BCUT2D eigenvalue weighted by atomic mass is 10.0. The SMILES string of the molecule is COc1ccccc1-c1cc(Cl)cc2c1OC(CN)O2. The zero-order chi connectivity index (χ0) is 14.1. The number of fused-ring (bicyclic) bond motifs is 1. The molecule has 0 fully saturated rings. The number of methoxy groups -OCH3 is 1. The van der Waals surface area contributed by atoms with Crippen molar-refractivity contribution in [2.75, 3.05) is 13.7 Å². The summed E-state index contributed by atoms with van der Waals surface area (Å²) < 4.78 is 16.7. The predicted molar refractivity (Wildman–Crippen MR) is 77.5 cm³/mol. The maximum atomic E-state index is 6.16. The Morgan fingerprint density at radius 2 is 2.00 bits per heavy atom. The average Bonchev–Trinajstić information content (AvgIpc) is 2.89. The van der Waals surface area contributed by atoms with Crippen LogP contribution in [0.2, 0.25) is 5.02 Å². The minimum atomic E-state index is -0.475. The molecule has 0 radical (unpaired) electrons. The number of ether oxygens (including phenoxy) is 3. The van der Waals surface area contributed by atoms with Crippen molar-refractivity contribution in [3.05, 3.63) is 41.4 Å². The Balaban J connectivity index is 2.16. The van der Waals surface area contributed by atoms with E-state index in [2.05, 4.69) is 0 Å². The second-order valence-electron chi connectivity index (χ2n) is 4.38. The molecule has 1 atom stereocenters. The number of halogens is 1. The van der Waals surface area contributed by atoms with Gasteiger partial charge in [0.2, 0.25) is 0 Å². The highest BCUT2D eigenvalue weighted by Gasteiger charge is 2.27. The van der Waals surface area contributed by atoms with Gasteiger partial charge in [0.25, 0.3) is 6.29 Å². The third-order valence-electron chi connectivity index (χ3n) is 3.12. The Hall–Kier alpha value is -1.91. The van der Waals surface area contributed by atoms with Crippen molar-refractivity contribution in [1.82, 2.24) is 0 Å². The first-order valence-electron chi connectivity index (χ1n) is 6.23. The van der Waals surface area contributed by atoms with Crippen molar-refractivity contribution < 1.29 is 14.2 Å². The summed E-state index contributed by atoms with van der Waals surface area (Å²) in [6.45, 7) is 0.275. The second-order valence-corrected chi connectivity index (χ2v) is 4.82. The number of hydrogen-bond donors (Lipinski definition) is 1. The van der Waals surface area contributed by atoms with Crippen LogP contribution in [-0.2, 0) is 0 Å². The molecule has 4 nitrogen and oxygen atoms in total. The van der Waals surface area contributed by atoms with Gasteiger partial charge in [0, 0.05) is 22.2 Å². The largest absolute Gasteiger partial charge is 0.496 e. The van der Waals surface area contributed by atoms with Crippen LogP contribution in [0.5, 0.6) is 17.2 Å². The highest BCUT2D eigenvalue weighted by atomic mass is 35.5. The van der Waals surface area contributed by atoms with E-state index < -0.39 is 6.29 Å². The lowest BCUT2D eigenvalue weighted by Gasteiger charge is -2.11. The van der Waals surface area contributed by atoms with Crippen molar-refractivity contribution in [2.45, 2.75) is 6.29 Å². The van der Waals surface area contributed by atoms with E-state index in [-0.39, 0.29) is 6.54 Å². The molecule has 3 rings (SSSR count). The zero-order valence-electron chi connectivity index (χ0n) is 10.9.